The second kappa shape index (κ2) is 3.72. The lowest BCUT2D eigenvalue weighted by atomic mass is 10.0. The van der Waals surface area contributed by atoms with Gasteiger partial charge in [0.15, 0.2) is 0 Å². The van der Waals surface area contributed by atoms with Gasteiger partial charge < -0.3 is 5.11 Å². The molecule has 0 spiro atoms. The minimum Gasteiger partial charge on any atom is -0.388 e. The smallest absolute Gasteiger partial charge is 0.0797 e. The fourth-order valence-electron chi connectivity index (χ4n) is 2.36. The van der Waals surface area contributed by atoms with Crippen molar-refractivity contribution in [2.75, 3.05) is 0 Å². The zero-order valence-corrected chi connectivity index (χ0v) is 8.93. The molecule has 0 bridgehead atoms. The highest BCUT2D eigenvalue weighted by atomic mass is 16.3. The van der Waals surface area contributed by atoms with Gasteiger partial charge in [-0.25, -0.2) is 0 Å². The molecule has 2 heteroatoms. The molecule has 0 amide bonds. The van der Waals surface area contributed by atoms with Gasteiger partial charge in [-0.3, -0.25) is 4.98 Å². The molecular formula is C14H13NO. The summed E-state index contributed by atoms with van der Waals surface area (Å²) in [6, 6.07) is 12.1. The standard InChI is InChI=1S/C14H13NO/c16-13-7-6-12-11(13)8-9-15-14(12)10-4-2-1-3-5-10/h1-5,8-9,13,16H,6-7H2. The van der Waals surface area contributed by atoms with Crippen molar-refractivity contribution in [1.82, 2.24) is 4.98 Å². The van der Waals surface area contributed by atoms with Crippen LogP contribution < -0.4 is 0 Å². The Hall–Kier alpha value is -1.67. The molecule has 0 saturated carbocycles. The van der Waals surface area contributed by atoms with Crippen molar-refractivity contribution >= 4 is 0 Å². The molecule has 1 N–H and O–H groups in total. The SMILES string of the molecule is OC1CCc2c1ccnc2-c1ccccc1. The zero-order valence-electron chi connectivity index (χ0n) is 8.93. The largest absolute Gasteiger partial charge is 0.388 e. The summed E-state index contributed by atoms with van der Waals surface area (Å²) in [5.41, 5.74) is 4.41. The van der Waals surface area contributed by atoms with Gasteiger partial charge in [-0.2, -0.15) is 0 Å². The summed E-state index contributed by atoms with van der Waals surface area (Å²) in [4.78, 5) is 4.44. The van der Waals surface area contributed by atoms with Crippen LogP contribution in [-0.2, 0) is 6.42 Å². The van der Waals surface area contributed by atoms with Gasteiger partial charge in [0.05, 0.1) is 11.8 Å². The van der Waals surface area contributed by atoms with Crippen LogP contribution in [0.2, 0.25) is 0 Å². The van der Waals surface area contributed by atoms with Gasteiger partial charge in [0.2, 0.25) is 0 Å². The zero-order chi connectivity index (χ0) is 11.0. The van der Waals surface area contributed by atoms with E-state index in [-0.39, 0.29) is 6.10 Å². The summed E-state index contributed by atoms with van der Waals surface area (Å²) in [5, 5.41) is 9.82. The number of aliphatic hydroxyl groups excluding tert-OH is 1. The summed E-state index contributed by atoms with van der Waals surface area (Å²) in [6.45, 7) is 0. The number of aromatic nitrogens is 1. The van der Waals surface area contributed by atoms with E-state index >= 15 is 0 Å². The van der Waals surface area contributed by atoms with Crippen molar-refractivity contribution < 1.29 is 5.11 Å². The predicted molar refractivity (Wildman–Crippen MR) is 63.0 cm³/mol. The van der Waals surface area contributed by atoms with E-state index in [4.69, 9.17) is 0 Å². The Kier molecular flexibility index (Phi) is 2.22. The topological polar surface area (TPSA) is 33.1 Å². The molecule has 1 aliphatic carbocycles. The van der Waals surface area contributed by atoms with Crippen molar-refractivity contribution in [3.63, 3.8) is 0 Å². The molecule has 2 aromatic rings. The Bertz CT molecular complexity index is 507. The van der Waals surface area contributed by atoms with Crippen LogP contribution in [0.25, 0.3) is 11.3 Å². The highest BCUT2D eigenvalue weighted by molar-refractivity contribution is 5.65. The van der Waals surface area contributed by atoms with Crippen LogP contribution in [0.5, 0.6) is 0 Å². The number of benzene rings is 1. The molecule has 0 aliphatic heterocycles. The third-order valence-corrected chi connectivity index (χ3v) is 3.17. The summed E-state index contributed by atoms with van der Waals surface area (Å²) in [5.74, 6) is 0. The van der Waals surface area contributed by atoms with Crippen LogP contribution in [0, 0.1) is 0 Å². The van der Waals surface area contributed by atoms with Crippen LogP contribution in [-0.4, -0.2) is 10.1 Å². The van der Waals surface area contributed by atoms with Crippen LogP contribution in [0.4, 0.5) is 0 Å². The molecule has 16 heavy (non-hydrogen) atoms. The molecule has 80 valence electrons. The molecular weight excluding hydrogens is 198 g/mol. The fraction of sp³-hybridized carbons (Fsp3) is 0.214. The third-order valence-electron chi connectivity index (χ3n) is 3.17. The van der Waals surface area contributed by atoms with Crippen LogP contribution >= 0.6 is 0 Å². The lowest BCUT2D eigenvalue weighted by molar-refractivity contribution is 0.180. The van der Waals surface area contributed by atoms with Crippen molar-refractivity contribution in [3.8, 4) is 11.3 Å². The first kappa shape index (κ1) is 9.55. The summed E-state index contributed by atoms with van der Waals surface area (Å²) < 4.78 is 0. The van der Waals surface area contributed by atoms with E-state index in [0.29, 0.717) is 0 Å². The molecule has 0 saturated heterocycles. The van der Waals surface area contributed by atoms with E-state index in [1.807, 2.05) is 24.3 Å². The summed E-state index contributed by atoms with van der Waals surface area (Å²) in [7, 11) is 0. The maximum Gasteiger partial charge on any atom is 0.0797 e. The van der Waals surface area contributed by atoms with Crippen molar-refractivity contribution in [3.05, 3.63) is 53.7 Å². The number of nitrogens with zero attached hydrogens (tertiary/aromatic N) is 1. The number of fused-ring (bicyclic) bond motifs is 1. The van der Waals surface area contributed by atoms with Gasteiger partial charge >= 0.3 is 0 Å². The fourth-order valence-corrected chi connectivity index (χ4v) is 2.36. The van der Waals surface area contributed by atoms with Gasteiger partial charge in [-0.05, 0) is 30.0 Å². The maximum atomic E-state index is 9.82. The molecule has 1 atom stereocenters. The molecule has 0 fully saturated rings. The van der Waals surface area contributed by atoms with E-state index in [1.54, 1.807) is 6.20 Å². The first-order chi connectivity index (χ1) is 7.86. The van der Waals surface area contributed by atoms with Gasteiger partial charge in [-0.15, -0.1) is 0 Å². The Morgan fingerprint density at radius 3 is 2.75 bits per heavy atom. The molecule has 2 nitrogen and oxygen atoms in total. The average molecular weight is 211 g/mol. The molecule has 0 radical (unpaired) electrons. The van der Waals surface area contributed by atoms with Crippen LogP contribution in [0.15, 0.2) is 42.6 Å². The van der Waals surface area contributed by atoms with E-state index in [1.165, 1.54) is 5.56 Å². The second-order valence-electron chi connectivity index (χ2n) is 4.15. The van der Waals surface area contributed by atoms with E-state index in [2.05, 4.69) is 17.1 Å². The Balaban J connectivity index is 2.17. The number of hydrogen-bond acceptors (Lipinski definition) is 2. The normalized spacial score (nSPS) is 18.4. The summed E-state index contributed by atoms with van der Waals surface area (Å²) >= 11 is 0. The average Bonchev–Trinajstić information content (AvgIpc) is 2.73. The van der Waals surface area contributed by atoms with E-state index < -0.39 is 0 Å². The third kappa shape index (κ3) is 1.42. The Morgan fingerprint density at radius 2 is 1.94 bits per heavy atom. The van der Waals surface area contributed by atoms with Gasteiger partial charge in [0.1, 0.15) is 0 Å². The number of rotatable bonds is 1. The summed E-state index contributed by atoms with van der Waals surface area (Å²) in [6.07, 6.45) is 3.23. The van der Waals surface area contributed by atoms with Crippen molar-refractivity contribution in [2.24, 2.45) is 0 Å². The van der Waals surface area contributed by atoms with Crippen LogP contribution in [0.1, 0.15) is 23.7 Å². The van der Waals surface area contributed by atoms with Gasteiger partial charge in [-0.1, -0.05) is 30.3 Å². The predicted octanol–water partition coefficient (Wildman–Crippen LogP) is 2.73. The molecule has 3 rings (SSSR count). The monoisotopic (exact) mass is 211 g/mol. The van der Waals surface area contributed by atoms with E-state index in [0.717, 1.165) is 29.7 Å². The highest BCUT2D eigenvalue weighted by Gasteiger charge is 2.23. The molecule has 1 unspecified atom stereocenters. The molecule has 1 heterocycles. The number of aliphatic hydroxyl groups is 1. The maximum absolute atomic E-state index is 9.82. The minimum atomic E-state index is -0.305. The number of pyridine rings is 1. The Morgan fingerprint density at radius 1 is 1.12 bits per heavy atom. The Labute approximate surface area is 94.6 Å². The van der Waals surface area contributed by atoms with Crippen LogP contribution in [0.3, 0.4) is 0 Å². The van der Waals surface area contributed by atoms with Crippen molar-refractivity contribution in [1.29, 1.82) is 0 Å². The van der Waals surface area contributed by atoms with Gasteiger partial charge in [0.25, 0.3) is 0 Å². The lowest BCUT2D eigenvalue weighted by Crippen LogP contribution is -1.94. The highest BCUT2D eigenvalue weighted by Crippen LogP contribution is 2.35. The van der Waals surface area contributed by atoms with Crippen molar-refractivity contribution in [2.45, 2.75) is 18.9 Å². The molecule has 1 aromatic carbocycles. The quantitative estimate of drug-likeness (QED) is 0.786. The first-order valence-corrected chi connectivity index (χ1v) is 5.57. The number of hydrogen-bond donors (Lipinski definition) is 1. The molecule has 1 aromatic heterocycles. The molecule has 1 aliphatic rings. The minimum absolute atomic E-state index is 0.305. The van der Waals surface area contributed by atoms with Gasteiger partial charge in [0, 0.05) is 11.8 Å². The lowest BCUT2D eigenvalue weighted by Gasteiger charge is -2.08. The second-order valence-corrected chi connectivity index (χ2v) is 4.15. The first-order valence-electron chi connectivity index (χ1n) is 5.57. The van der Waals surface area contributed by atoms with E-state index in [9.17, 15) is 5.11 Å².